The minimum Gasteiger partial charge on any atom is -0.330 e. The molecule has 1 aromatic heterocycles. The highest BCUT2D eigenvalue weighted by atomic mass is 32.2. The van der Waals surface area contributed by atoms with Gasteiger partial charge < -0.3 is 5.73 Å². The molecule has 1 heterocycles. The van der Waals surface area contributed by atoms with Gasteiger partial charge in [0, 0.05) is 6.42 Å². The molecule has 0 amide bonds. The van der Waals surface area contributed by atoms with Crippen molar-refractivity contribution in [2.45, 2.75) is 17.2 Å². The smallest absolute Gasteiger partial charge is 0.174 e. The molecule has 3 nitrogen and oxygen atoms in total. The van der Waals surface area contributed by atoms with Gasteiger partial charge in [-0.3, -0.25) is 0 Å². The fraction of sp³-hybridized carbons (Fsp3) is 0.667. The van der Waals surface area contributed by atoms with E-state index in [-0.39, 0.29) is 0 Å². The fourth-order valence-electron chi connectivity index (χ4n) is 0.675. The maximum absolute atomic E-state index is 5.37. The SMILES string of the molecule is CSc1nnc(CCCN)s1. The molecular formula is C6H11N3S2. The first-order chi connectivity index (χ1) is 5.36. The highest BCUT2D eigenvalue weighted by Crippen LogP contribution is 2.19. The molecule has 0 aliphatic rings. The maximum atomic E-state index is 5.37. The van der Waals surface area contributed by atoms with Crippen molar-refractivity contribution in [2.75, 3.05) is 12.8 Å². The van der Waals surface area contributed by atoms with Crippen LogP contribution in [0, 0.1) is 0 Å². The zero-order valence-electron chi connectivity index (χ0n) is 6.41. The van der Waals surface area contributed by atoms with Crippen LogP contribution in [0.1, 0.15) is 11.4 Å². The van der Waals surface area contributed by atoms with Gasteiger partial charge in [-0.05, 0) is 19.2 Å². The summed E-state index contributed by atoms with van der Waals surface area (Å²) in [7, 11) is 0. The predicted octanol–water partition coefficient (Wildman–Crippen LogP) is 1.15. The van der Waals surface area contributed by atoms with E-state index in [9.17, 15) is 0 Å². The number of nitrogens with zero attached hydrogens (tertiary/aromatic N) is 2. The van der Waals surface area contributed by atoms with E-state index >= 15 is 0 Å². The zero-order valence-corrected chi connectivity index (χ0v) is 8.04. The van der Waals surface area contributed by atoms with E-state index in [1.54, 1.807) is 23.1 Å². The number of hydrogen-bond acceptors (Lipinski definition) is 5. The van der Waals surface area contributed by atoms with Crippen LogP contribution in [0.25, 0.3) is 0 Å². The van der Waals surface area contributed by atoms with Crippen molar-refractivity contribution in [1.29, 1.82) is 0 Å². The van der Waals surface area contributed by atoms with E-state index in [0.29, 0.717) is 0 Å². The van der Waals surface area contributed by atoms with E-state index < -0.39 is 0 Å². The van der Waals surface area contributed by atoms with Crippen LogP contribution in [0.15, 0.2) is 4.34 Å². The topological polar surface area (TPSA) is 51.8 Å². The quantitative estimate of drug-likeness (QED) is 0.722. The first-order valence-corrected chi connectivity index (χ1v) is 5.47. The Kier molecular flexibility index (Phi) is 3.82. The van der Waals surface area contributed by atoms with Crippen molar-refractivity contribution in [1.82, 2.24) is 10.2 Å². The summed E-state index contributed by atoms with van der Waals surface area (Å²) in [5.41, 5.74) is 5.37. The lowest BCUT2D eigenvalue weighted by molar-refractivity contribution is 0.808. The fourth-order valence-corrected chi connectivity index (χ4v) is 2.03. The van der Waals surface area contributed by atoms with Crippen LogP contribution in [-0.2, 0) is 6.42 Å². The average Bonchev–Trinajstić information content (AvgIpc) is 2.48. The minimum absolute atomic E-state index is 0.730. The molecule has 5 heteroatoms. The third-order valence-corrected chi connectivity index (χ3v) is 3.18. The Bertz CT molecular complexity index is 211. The van der Waals surface area contributed by atoms with E-state index in [0.717, 1.165) is 28.7 Å². The first kappa shape index (κ1) is 8.96. The van der Waals surface area contributed by atoms with Crippen LogP contribution in [0.2, 0.25) is 0 Å². The van der Waals surface area contributed by atoms with Crippen LogP contribution in [0.4, 0.5) is 0 Å². The molecule has 2 N–H and O–H groups in total. The molecule has 0 aliphatic carbocycles. The van der Waals surface area contributed by atoms with Crippen molar-refractivity contribution in [3.8, 4) is 0 Å². The van der Waals surface area contributed by atoms with Crippen LogP contribution >= 0.6 is 23.1 Å². The summed E-state index contributed by atoms with van der Waals surface area (Å²) < 4.78 is 1.04. The molecule has 0 saturated carbocycles. The van der Waals surface area contributed by atoms with Crippen molar-refractivity contribution < 1.29 is 0 Å². The molecule has 0 unspecified atom stereocenters. The summed E-state index contributed by atoms with van der Waals surface area (Å²) in [4.78, 5) is 0. The maximum Gasteiger partial charge on any atom is 0.174 e. The molecule has 0 atom stereocenters. The number of hydrogen-bond donors (Lipinski definition) is 1. The molecular weight excluding hydrogens is 178 g/mol. The third kappa shape index (κ3) is 2.76. The largest absolute Gasteiger partial charge is 0.330 e. The van der Waals surface area contributed by atoms with E-state index in [2.05, 4.69) is 10.2 Å². The molecule has 0 radical (unpaired) electrons. The van der Waals surface area contributed by atoms with Gasteiger partial charge in [0.1, 0.15) is 5.01 Å². The lowest BCUT2D eigenvalue weighted by Gasteiger charge is -1.88. The van der Waals surface area contributed by atoms with Crippen LogP contribution in [-0.4, -0.2) is 23.0 Å². The Morgan fingerprint density at radius 2 is 2.36 bits per heavy atom. The summed E-state index contributed by atoms with van der Waals surface area (Å²) in [6, 6.07) is 0. The monoisotopic (exact) mass is 189 g/mol. The number of aryl methyl sites for hydroxylation is 1. The van der Waals surface area contributed by atoms with Gasteiger partial charge in [-0.15, -0.1) is 10.2 Å². The number of nitrogens with two attached hydrogens (primary N) is 1. The van der Waals surface area contributed by atoms with Gasteiger partial charge in [-0.2, -0.15) is 0 Å². The zero-order chi connectivity index (χ0) is 8.10. The molecule has 0 bridgehead atoms. The molecule has 0 spiro atoms. The van der Waals surface area contributed by atoms with Gasteiger partial charge in [0.05, 0.1) is 0 Å². The van der Waals surface area contributed by atoms with Crippen LogP contribution in [0.5, 0.6) is 0 Å². The van der Waals surface area contributed by atoms with Gasteiger partial charge >= 0.3 is 0 Å². The van der Waals surface area contributed by atoms with Crippen molar-refractivity contribution >= 4 is 23.1 Å². The summed E-state index contributed by atoms with van der Waals surface area (Å²) in [6.45, 7) is 0.730. The summed E-state index contributed by atoms with van der Waals surface area (Å²) in [5.74, 6) is 0. The molecule has 1 rings (SSSR count). The number of thioether (sulfide) groups is 1. The molecule has 0 saturated heterocycles. The van der Waals surface area contributed by atoms with Gasteiger partial charge in [0.25, 0.3) is 0 Å². The van der Waals surface area contributed by atoms with Gasteiger partial charge in [0.15, 0.2) is 4.34 Å². The van der Waals surface area contributed by atoms with Crippen LogP contribution < -0.4 is 5.73 Å². The number of aromatic nitrogens is 2. The standard InChI is InChI=1S/C6H11N3S2/c1-10-6-9-8-5(11-6)3-2-4-7/h2-4,7H2,1H3. The Hall–Kier alpha value is -0.130. The lowest BCUT2D eigenvalue weighted by atomic mass is 10.3. The first-order valence-electron chi connectivity index (χ1n) is 3.43. The molecule has 11 heavy (non-hydrogen) atoms. The molecule has 1 aromatic rings. The lowest BCUT2D eigenvalue weighted by Crippen LogP contribution is -1.99. The second-order valence-electron chi connectivity index (χ2n) is 2.06. The van der Waals surface area contributed by atoms with Gasteiger partial charge in [-0.1, -0.05) is 23.1 Å². The van der Waals surface area contributed by atoms with Gasteiger partial charge in [0.2, 0.25) is 0 Å². The summed E-state index contributed by atoms with van der Waals surface area (Å²) >= 11 is 3.29. The Labute approximate surface area is 74.4 Å². The second-order valence-corrected chi connectivity index (χ2v) is 4.17. The second kappa shape index (κ2) is 4.69. The molecule has 0 aromatic carbocycles. The third-order valence-electron chi connectivity index (χ3n) is 1.22. The van der Waals surface area contributed by atoms with E-state index in [1.807, 2.05) is 6.26 Å². The molecule has 0 aliphatic heterocycles. The average molecular weight is 189 g/mol. The molecule has 0 fully saturated rings. The van der Waals surface area contributed by atoms with Gasteiger partial charge in [-0.25, -0.2) is 0 Å². The van der Waals surface area contributed by atoms with Crippen molar-refractivity contribution in [3.63, 3.8) is 0 Å². The van der Waals surface area contributed by atoms with Crippen molar-refractivity contribution in [2.24, 2.45) is 5.73 Å². The highest BCUT2D eigenvalue weighted by molar-refractivity contribution is 8.00. The van der Waals surface area contributed by atoms with Crippen LogP contribution in [0.3, 0.4) is 0 Å². The predicted molar refractivity (Wildman–Crippen MR) is 49.1 cm³/mol. The number of rotatable bonds is 4. The van der Waals surface area contributed by atoms with Crippen molar-refractivity contribution in [3.05, 3.63) is 5.01 Å². The summed E-state index contributed by atoms with van der Waals surface area (Å²) in [6.07, 6.45) is 3.98. The Morgan fingerprint density at radius 3 is 2.91 bits per heavy atom. The Morgan fingerprint density at radius 1 is 1.55 bits per heavy atom. The van der Waals surface area contributed by atoms with E-state index in [4.69, 9.17) is 5.73 Å². The Balaban J connectivity index is 2.44. The normalized spacial score (nSPS) is 10.4. The highest BCUT2D eigenvalue weighted by Gasteiger charge is 2.00. The molecule has 62 valence electrons. The summed E-state index contributed by atoms with van der Waals surface area (Å²) in [5, 5.41) is 9.09. The minimum atomic E-state index is 0.730. The van der Waals surface area contributed by atoms with E-state index in [1.165, 1.54) is 0 Å².